The summed E-state index contributed by atoms with van der Waals surface area (Å²) in [5.41, 5.74) is 0.145. The molecule has 0 saturated carbocycles. The van der Waals surface area contributed by atoms with Crippen molar-refractivity contribution >= 4 is 8.80 Å². The van der Waals surface area contributed by atoms with Crippen LogP contribution in [0.1, 0.15) is 27.7 Å². The molecule has 1 unspecified atom stereocenters. The van der Waals surface area contributed by atoms with Crippen LogP contribution >= 0.6 is 0 Å². The van der Waals surface area contributed by atoms with Crippen LogP contribution in [0, 0.1) is 5.92 Å². The lowest BCUT2D eigenvalue weighted by Crippen LogP contribution is -2.46. The van der Waals surface area contributed by atoms with Gasteiger partial charge in [-0.3, -0.25) is 0 Å². The van der Waals surface area contributed by atoms with Gasteiger partial charge in [0.1, 0.15) is 0 Å². The van der Waals surface area contributed by atoms with Gasteiger partial charge in [-0.25, -0.2) is 0 Å². The molecule has 98 valence electrons. The maximum atomic E-state index is 5.41. The second kappa shape index (κ2) is 6.71. The minimum atomic E-state index is -2.42. The molecular formula is C11H27NO3Si. The Morgan fingerprint density at radius 1 is 1.06 bits per heavy atom. The fourth-order valence-electron chi connectivity index (χ4n) is 1.48. The SMILES string of the molecule is CO[Si](CC(C)CNC(C)(C)C)(OC)OC. The highest BCUT2D eigenvalue weighted by Gasteiger charge is 2.39. The van der Waals surface area contributed by atoms with Gasteiger partial charge in [0.15, 0.2) is 0 Å². The van der Waals surface area contributed by atoms with Crippen molar-refractivity contribution < 1.29 is 13.3 Å². The summed E-state index contributed by atoms with van der Waals surface area (Å²) < 4.78 is 16.2. The average molecular weight is 249 g/mol. The maximum Gasteiger partial charge on any atom is 0.500 e. The number of nitrogens with one attached hydrogen (secondary N) is 1. The molecule has 0 aliphatic carbocycles. The Morgan fingerprint density at radius 3 is 1.81 bits per heavy atom. The second-order valence-electron chi connectivity index (χ2n) is 5.24. The maximum absolute atomic E-state index is 5.41. The molecule has 0 aliphatic heterocycles. The minimum Gasteiger partial charge on any atom is -0.377 e. The van der Waals surface area contributed by atoms with E-state index in [4.69, 9.17) is 13.3 Å². The first kappa shape index (κ1) is 16.1. The molecule has 0 radical (unpaired) electrons. The van der Waals surface area contributed by atoms with E-state index in [-0.39, 0.29) is 5.54 Å². The predicted octanol–water partition coefficient (Wildman–Crippen LogP) is 1.89. The Hall–Kier alpha value is 0.0569. The van der Waals surface area contributed by atoms with Gasteiger partial charge in [0.25, 0.3) is 0 Å². The standard InChI is InChI=1S/C11H27NO3Si/c1-10(8-12-11(2,3)4)9-16(13-5,14-6)15-7/h10,12H,8-9H2,1-7H3. The Kier molecular flexibility index (Phi) is 6.73. The summed E-state index contributed by atoms with van der Waals surface area (Å²) in [4.78, 5) is 0. The monoisotopic (exact) mass is 249 g/mol. The summed E-state index contributed by atoms with van der Waals surface area (Å²) >= 11 is 0. The Bertz CT molecular complexity index is 182. The van der Waals surface area contributed by atoms with Crippen LogP contribution in [0.4, 0.5) is 0 Å². The molecule has 1 N–H and O–H groups in total. The lowest BCUT2D eigenvalue weighted by molar-refractivity contribution is 0.118. The van der Waals surface area contributed by atoms with Gasteiger partial charge < -0.3 is 18.6 Å². The molecule has 1 atom stereocenters. The molecule has 0 bridgehead atoms. The molecule has 0 spiro atoms. The van der Waals surface area contributed by atoms with E-state index in [1.165, 1.54) is 0 Å². The summed E-state index contributed by atoms with van der Waals surface area (Å²) in [5.74, 6) is 0.464. The van der Waals surface area contributed by atoms with Gasteiger partial charge in [0, 0.05) is 32.9 Å². The smallest absolute Gasteiger partial charge is 0.377 e. The first-order chi connectivity index (χ1) is 7.28. The fourth-order valence-corrected chi connectivity index (χ4v) is 3.48. The first-order valence-electron chi connectivity index (χ1n) is 5.69. The van der Waals surface area contributed by atoms with Crippen LogP contribution in [0.25, 0.3) is 0 Å². The van der Waals surface area contributed by atoms with E-state index in [2.05, 4.69) is 33.0 Å². The molecule has 16 heavy (non-hydrogen) atoms. The van der Waals surface area contributed by atoms with Crippen molar-refractivity contribution in [2.24, 2.45) is 5.92 Å². The predicted molar refractivity (Wildman–Crippen MR) is 68.5 cm³/mol. The molecule has 0 aromatic rings. The van der Waals surface area contributed by atoms with E-state index in [9.17, 15) is 0 Å². The molecular weight excluding hydrogens is 222 g/mol. The Balaban J connectivity index is 4.15. The zero-order chi connectivity index (χ0) is 12.8. The molecule has 0 aromatic heterocycles. The Morgan fingerprint density at radius 2 is 1.50 bits per heavy atom. The summed E-state index contributed by atoms with van der Waals surface area (Å²) in [5, 5.41) is 3.47. The van der Waals surface area contributed by atoms with E-state index < -0.39 is 8.80 Å². The molecule has 0 aliphatic rings. The van der Waals surface area contributed by atoms with E-state index in [1.807, 2.05) is 0 Å². The third kappa shape index (κ3) is 5.96. The van der Waals surface area contributed by atoms with Crippen LogP contribution in [0.5, 0.6) is 0 Å². The minimum absolute atomic E-state index is 0.145. The third-order valence-corrected chi connectivity index (χ3v) is 5.58. The number of rotatable bonds is 7. The number of hydrogen-bond donors (Lipinski definition) is 1. The van der Waals surface area contributed by atoms with Gasteiger partial charge >= 0.3 is 8.80 Å². The largest absolute Gasteiger partial charge is 0.500 e. The van der Waals surface area contributed by atoms with E-state index in [0.717, 1.165) is 12.6 Å². The molecule has 0 heterocycles. The van der Waals surface area contributed by atoms with Crippen LogP contribution in [0.3, 0.4) is 0 Å². The lowest BCUT2D eigenvalue weighted by Gasteiger charge is -2.29. The van der Waals surface area contributed by atoms with Gasteiger partial charge in [-0.2, -0.15) is 0 Å². The average Bonchev–Trinajstić information content (AvgIpc) is 2.22. The third-order valence-electron chi connectivity index (χ3n) is 2.51. The van der Waals surface area contributed by atoms with Crippen LogP contribution in [-0.4, -0.2) is 42.2 Å². The van der Waals surface area contributed by atoms with Gasteiger partial charge in [0.05, 0.1) is 0 Å². The van der Waals surface area contributed by atoms with Gasteiger partial charge in [0.2, 0.25) is 0 Å². The van der Waals surface area contributed by atoms with Gasteiger partial charge in [-0.15, -0.1) is 0 Å². The van der Waals surface area contributed by atoms with Crippen LogP contribution < -0.4 is 5.32 Å². The molecule has 0 saturated heterocycles. The summed E-state index contributed by atoms with van der Waals surface area (Å²) in [7, 11) is 2.55. The topological polar surface area (TPSA) is 39.7 Å². The van der Waals surface area contributed by atoms with Crippen molar-refractivity contribution in [1.29, 1.82) is 0 Å². The second-order valence-corrected chi connectivity index (χ2v) is 8.23. The Labute approximate surface area is 101 Å². The quantitative estimate of drug-likeness (QED) is 0.700. The van der Waals surface area contributed by atoms with Crippen LogP contribution in [0.15, 0.2) is 0 Å². The summed E-state index contributed by atoms with van der Waals surface area (Å²) in [6.45, 7) is 9.60. The van der Waals surface area contributed by atoms with Crippen molar-refractivity contribution in [2.45, 2.75) is 39.3 Å². The summed E-state index contributed by atoms with van der Waals surface area (Å²) in [6.07, 6.45) is 0. The van der Waals surface area contributed by atoms with Gasteiger partial charge in [-0.05, 0) is 33.2 Å². The molecule has 5 heteroatoms. The van der Waals surface area contributed by atoms with E-state index in [0.29, 0.717) is 5.92 Å². The molecule has 0 aromatic carbocycles. The van der Waals surface area contributed by atoms with Crippen molar-refractivity contribution in [3.8, 4) is 0 Å². The zero-order valence-electron chi connectivity index (χ0n) is 11.7. The summed E-state index contributed by atoms with van der Waals surface area (Å²) in [6, 6.07) is 0.833. The van der Waals surface area contributed by atoms with E-state index in [1.54, 1.807) is 21.3 Å². The van der Waals surface area contributed by atoms with Crippen molar-refractivity contribution in [3.05, 3.63) is 0 Å². The van der Waals surface area contributed by atoms with Crippen molar-refractivity contribution in [1.82, 2.24) is 5.32 Å². The molecule has 4 nitrogen and oxygen atoms in total. The van der Waals surface area contributed by atoms with Gasteiger partial charge in [-0.1, -0.05) is 6.92 Å². The van der Waals surface area contributed by atoms with E-state index >= 15 is 0 Å². The highest BCUT2D eigenvalue weighted by molar-refractivity contribution is 6.60. The number of hydrogen-bond acceptors (Lipinski definition) is 4. The van der Waals surface area contributed by atoms with Crippen molar-refractivity contribution in [3.63, 3.8) is 0 Å². The normalized spacial score (nSPS) is 15.2. The first-order valence-corrected chi connectivity index (χ1v) is 7.62. The van der Waals surface area contributed by atoms with Crippen LogP contribution in [-0.2, 0) is 13.3 Å². The highest BCUT2D eigenvalue weighted by Crippen LogP contribution is 2.19. The zero-order valence-corrected chi connectivity index (χ0v) is 12.7. The molecule has 0 amide bonds. The van der Waals surface area contributed by atoms with Crippen LogP contribution in [0.2, 0.25) is 6.04 Å². The highest BCUT2D eigenvalue weighted by atomic mass is 28.4. The fraction of sp³-hybridized carbons (Fsp3) is 1.00. The van der Waals surface area contributed by atoms with Crippen molar-refractivity contribution in [2.75, 3.05) is 27.9 Å². The molecule has 0 rings (SSSR count). The molecule has 0 fully saturated rings. The lowest BCUT2D eigenvalue weighted by atomic mass is 10.1.